The smallest absolute Gasteiger partial charge is 0.696 e. The Morgan fingerprint density at radius 1 is 1.78 bits per heavy atom. The molecule has 3 nitrogen and oxygen atoms in total. The summed E-state index contributed by atoms with van der Waals surface area (Å²) in [4.78, 5) is 8.89. The Kier molecular flexibility index (Phi) is 56.7. The van der Waals surface area contributed by atoms with Crippen LogP contribution in [0.25, 0.3) is 0 Å². The second-order valence-electron chi connectivity index (χ2n) is 0.583. The van der Waals surface area contributed by atoms with Gasteiger partial charge in [0.1, 0.15) is 0 Å². The molecular weight excluding hydrogens is 160 g/mol. The Morgan fingerprint density at radius 2 is 1.78 bits per heavy atom. The molecule has 0 rings (SSSR count). The van der Waals surface area contributed by atoms with Crippen LogP contribution in [0.5, 0.6) is 0 Å². The van der Waals surface area contributed by atoms with Crippen LogP contribution in [0.4, 0.5) is 0 Å². The van der Waals surface area contributed by atoms with Gasteiger partial charge in [-0.25, -0.2) is 5.26 Å². The molecule has 0 radical (unpaired) electrons. The van der Waals surface area contributed by atoms with Crippen molar-refractivity contribution in [2.24, 2.45) is 0 Å². The molecule has 0 atom stereocenters. The van der Waals surface area contributed by atoms with Gasteiger partial charge in [-0.1, -0.05) is 5.40 Å². The van der Waals surface area contributed by atoms with Crippen LogP contribution in [0.1, 0.15) is 6.92 Å². The minimum absolute atomic E-state index is 0. The SMILES string of the molecule is CC(=O)[O-].N#C[S-].[K+].[Li+]. The van der Waals surface area contributed by atoms with Gasteiger partial charge in [0.15, 0.2) is 0 Å². The summed E-state index contributed by atoms with van der Waals surface area (Å²) >= 11 is 3.70. The third-order valence-corrected chi connectivity index (χ3v) is 0. The number of nitrogens with zero attached hydrogens (tertiary/aromatic N) is 1. The predicted molar refractivity (Wildman–Crippen MR) is 23.7 cm³/mol. The van der Waals surface area contributed by atoms with Gasteiger partial charge in [0.05, 0.1) is 0 Å². The summed E-state index contributed by atoms with van der Waals surface area (Å²) in [5.41, 5.74) is 0. The number of carboxylic acids is 1. The van der Waals surface area contributed by atoms with Crippen molar-refractivity contribution >= 4 is 18.6 Å². The first-order valence-corrected chi connectivity index (χ1v) is 1.74. The molecule has 0 saturated carbocycles. The van der Waals surface area contributed by atoms with E-state index in [2.05, 4.69) is 12.6 Å². The molecule has 0 amide bonds. The van der Waals surface area contributed by atoms with Gasteiger partial charge in [0.2, 0.25) is 0 Å². The molecule has 0 heterocycles. The van der Waals surface area contributed by atoms with Crippen molar-refractivity contribution in [3.63, 3.8) is 0 Å². The summed E-state index contributed by atoms with van der Waals surface area (Å²) < 4.78 is 0. The molecular formula is C3H3KLiNO2S. The number of nitriles is 1. The van der Waals surface area contributed by atoms with Crippen LogP contribution >= 0.6 is 0 Å². The molecule has 0 bridgehead atoms. The van der Waals surface area contributed by atoms with Crippen molar-refractivity contribution in [3.8, 4) is 5.40 Å². The number of hydrogen-bond acceptors (Lipinski definition) is 4. The van der Waals surface area contributed by atoms with Gasteiger partial charge in [-0.15, -0.1) is 0 Å². The molecule has 0 aromatic carbocycles. The maximum atomic E-state index is 8.89. The quantitative estimate of drug-likeness (QED) is 0.202. The monoisotopic (exact) mass is 163 g/mol. The second kappa shape index (κ2) is 22.7. The fraction of sp³-hybridized carbons (Fsp3) is 0.333. The van der Waals surface area contributed by atoms with Crippen LogP contribution in [0.3, 0.4) is 0 Å². The zero-order valence-corrected chi connectivity index (χ0v) is 9.61. The van der Waals surface area contributed by atoms with Gasteiger partial charge in [-0.3, -0.25) is 0 Å². The van der Waals surface area contributed by atoms with Crippen LogP contribution in [0.15, 0.2) is 0 Å². The number of thiocyanates is 1. The molecule has 0 aromatic rings. The zero-order valence-electron chi connectivity index (χ0n) is 5.67. The van der Waals surface area contributed by atoms with Crippen molar-refractivity contribution in [2.75, 3.05) is 0 Å². The Bertz CT molecular complexity index is 90.3. The second-order valence-corrected chi connectivity index (χ2v) is 0.765. The summed E-state index contributed by atoms with van der Waals surface area (Å²) in [6.45, 7) is 0.972. The number of rotatable bonds is 0. The van der Waals surface area contributed by atoms with E-state index in [9.17, 15) is 0 Å². The number of aliphatic carboxylic acids is 1. The van der Waals surface area contributed by atoms with Crippen LogP contribution < -0.4 is 75.4 Å². The molecule has 0 spiro atoms. The Balaban J connectivity index is -0.0000000233. The van der Waals surface area contributed by atoms with Crippen molar-refractivity contribution in [1.29, 1.82) is 5.26 Å². The number of carboxylic acid groups (broad SMARTS) is 1. The van der Waals surface area contributed by atoms with Gasteiger partial charge in [0, 0.05) is 5.97 Å². The predicted octanol–water partition coefficient (Wildman–Crippen LogP) is -7.22. The molecule has 6 heteroatoms. The summed E-state index contributed by atoms with van der Waals surface area (Å²) in [7, 11) is 0. The average molecular weight is 163 g/mol. The van der Waals surface area contributed by atoms with E-state index in [1.165, 1.54) is 5.40 Å². The number of carbonyl (C=O) groups is 1. The van der Waals surface area contributed by atoms with Crippen molar-refractivity contribution < 1.29 is 80.1 Å². The van der Waals surface area contributed by atoms with E-state index in [4.69, 9.17) is 15.2 Å². The molecule has 0 aliphatic carbocycles. The zero-order chi connectivity index (χ0) is 6.28. The van der Waals surface area contributed by atoms with Gasteiger partial charge in [-0.05, 0) is 6.92 Å². The van der Waals surface area contributed by atoms with Gasteiger partial charge in [-0.2, -0.15) is 0 Å². The van der Waals surface area contributed by atoms with E-state index in [-0.39, 0.29) is 70.2 Å². The first-order chi connectivity index (χ1) is 3.15. The molecule has 0 saturated heterocycles. The first-order valence-electron chi connectivity index (χ1n) is 1.34. The van der Waals surface area contributed by atoms with Crippen molar-refractivity contribution in [1.82, 2.24) is 0 Å². The van der Waals surface area contributed by atoms with E-state index < -0.39 is 5.97 Å². The molecule has 40 valence electrons. The summed E-state index contributed by atoms with van der Waals surface area (Å²) in [6, 6.07) is 0. The fourth-order valence-electron chi connectivity index (χ4n) is 0. The van der Waals surface area contributed by atoms with Crippen molar-refractivity contribution in [3.05, 3.63) is 0 Å². The Hall–Kier alpha value is 1.41. The summed E-state index contributed by atoms with van der Waals surface area (Å²) in [6.07, 6.45) is 0. The summed E-state index contributed by atoms with van der Waals surface area (Å²) in [5, 5.41) is 17.4. The normalized spacial score (nSPS) is 3.56. The summed E-state index contributed by atoms with van der Waals surface area (Å²) in [5.74, 6) is -1.08. The Morgan fingerprint density at radius 3 is 1.78 bits per heavy atom. The van der Waals surface area contributed by atoms with E-state index in [1.54, 1.807) is 0 Å². The largest absolute Gasteiger partial charge is 1.00 e. The van der Waals surface area contributed by atoms with E-state index in [1.807, 2.05) is 0 Å². The minimum atomic E-state index is -1.08. The van der Waals surface area contributed by atoms with Crippen LogP contribution in [0.2, 0.25) is 0 Å². The molecule has 9 heavy (non-hydrogen) atoms. The van der Waals surface area contributed by atoms with Gasteiger partial charge >= 0.3 is 70.2 Å². The Labute approximate surface area is 114 Å². The number of carbonyl (C=O) groups excluding carboxylic acids is 1. The molecule has 0 unspecified atom stereocenters. The molecule has 0 aliphatic heterocycles. The molecule has 0 fully saturated rings. The first kappa shape index (κ1) is 22.4. The van der Waals surface area contributed by atoms with E-state index in [0.29, 0.717) is 0 Å². The average Bonchev–Trinajstić information content (AvgIpc) is 1.33. The van der Waals surface area contributed by atoms with E-state index >= 15 is 0 Å². The van der Waals surface area contributed by atoms with E-state index in [0.717, 1.165) is 6.92 Å². The van der Waals surface area contributed by atoms with Crippen molar-refractivity contribution in [2.45, 2.75) is 6.92 Å². The topological polar surface area (TPSA) is 63.9 Å². The number of hydrogen-bond donors (Lipinski definition) is 0. The van der Waals surface area contributed by atoms with Crippen LogP contribution in [-0.2, 0) is 17.4 Å². The molecule has 0 aromatic heterocycles. The maximum absolute atomic E-state index is 8.89. The van der Waals surface area contributed by atoms with Crippen LogP contribution in [0, 0.1) is 10.7 Å². The molecule has 0 aliphatic rings. The van der Waals surface area contributed by atoms with Crippen LogP contribution in [-0.4, -0.2) is 5.97 Å². The standard InChI is InChI=1S/C2H4O2.CHNS.K.Li/c1-2(3)4;2-1-3;;/h1H3,(H,3,4);3H;;/q;;2*+1/p-2. The third-order valence-electron chi connectivity index (χ3n) is 0. The third kappa shape index (κ3) is 259. The maximum Gasteiger partial charge on any atom is 1.00 e. The fourth-order valence-corrected chi connectivity index (χ4v) is 0. The van der Waals surface area contributed by atoms with Gasteiger partial charge in [0.25, 0.3) is 0 Å². The molecule has 0 N–H and O–H groups in total. The minimum Gasteiger partial charge on any atom is -0.696 e. The van der Waals surface area contributed by atoms with Gasteiger partial charge < -0.3 is 22.5 Å².